The van der Waals surface area contributed by atoms with E-state index >= 15 is 4.39 Å². The third kappa shape index (κ3) is 6.41. The standard InChI is InChI=1S/C9H14FN2O14P3S/c10-9(3-23-28(19,20)26-29(21,22)25-27(16,17)18)6(14)5(13)7(24-9)12-2-1-4(30)11-8(12)15/h1-2,5-7,13-14H,3H2,(H,19,20)(H,21,22)(H,11,15,30)(H2,16,17,18)/t5-,6+,7-,9-/m1/s1/i3D2. The fourth-order valence-corrected chi connectivity index (χ4v) is 5.07. The molecule has 1 aromatic heterocycles. The molecule has 1 aliphatic heterocycles. The van der Waals surface area contributed by atoms with Gasteiger partial charge in [0.1, 0.15) is 23.4 Å². The minimum atomic E-state index is -6.23. The molecule has 172 valence electrons. The fourth-order valence-electron chi connectivity index (χ4n) is 2.04. The van der Waals surface area contributed by atoms with E-state index in [0.717, 1.165) is 12.3 Å². The van der Waals surface area contributed by atoms with Crippen LogP contribution in [0, 0.1) is 4.64 Å². The van der Waals surface area contributed by atoms with Crippen molar-refractivity contribution in [1.82, 2.24) is 9.55 Å². The van der Waals surface area contributed by atoms with Gasteiger partial charge in [0.05, 0.1) is 2.74 Å². The van der Waals surface area contributed by atoms with Crippen molar-refractivity contribution in [1.29, 1.82) is 0 Å². The molecule has 0 spiro atoms. The van der Waals surface area contributed by atoms with E-state index in [1.54, 1.807) is 0 Å². The Balaban J connectivity index is 2.33. The van der Waals surface area contributed by atoms with Crippen molar-refractivity contribution in [2.45, 2.75) is 24.3 Å². The second-order valence-electron chi connectivity index (χ2n) is 5.39. The number of phosphoric acid groups is 3. The summed E-state index contributed by atoms with van der Waals surface area (Å²) in [5.74, 6) is -4.21. The molecule has 0 radical (unpaired) electrons. The lowest BCUT2D eigenvalue weighted by Crippen LogP contribution is -2.43. The molecular formula is C9H14FN2O14P3S. The summed E-state index contributed by atoms with van der Waals surface area (Å²) in [5, 5.41) is 20.0. The van der Waals surface area contributed by atoms with Crippen LogP contribution < -0.4 is 5.69 Å². The summed E-state index contributed by atoms with van der Waals surface area (Å²) < 4.78 is 79.4. The summed E-state index contributed by atoms with van der Waals surface area (Å²) >= 11 is 4.68. The van der Waals surface area contributed by atoms with Crippen molar-refractivity contribution in [2.75, 3.05) is 6.56 Å². The number of rotatable bonds is 8. The summed E-state index contributed by atoms with van der Waals surface area (Å²) in [5.41, 5.74) is -1.09. The predicted molar refractivity (Wildman–Crippen MR) is 91.7 cm³/mol. The van der Waals surface area contributed by atoms with Crippen LogP contribution in [0.3, 0.4) is 0 Å². The number of hydrogen-bond acceptors (Lipinski definition) is 11. The molecule has 0 aromatic carbocycles. The van der Waals surface area contributed by atoms with Crippen molar-refractivity contribution in [3.05, 3.63) is 27.4 Å². The maximum atomic E-state index is 15.3. The first-order chi connectivity index (χ1) is 14.2. The van der Waals surface area contributed by atoms with Gasteiger partial charge in [-0.1, -0.05) is 12.2 Å². The highest BCUT2D eigenvalue weighted by Crippen LogP contribution is 2.66. The van der Waals surface area contributed by atoms with Gasteiger partial charge in [0.2, 0.25) is 0 Å². The van der Waals surface area contributed by atoms with Crippen LogP contribution in [0.4, 0.5) is 4.39 Å². The maximum Gasteiger partial charge on any atom is 0.490 e. The number of aliphatic hydroxyl groups is 2. The van der Waals surface area contributed by atoms with Gasteiger partial charge in [-0.3, -0.25) is 14.1 Å². The number of aliphatic hydroxyl groups excluding tert-OH is 2. The number of aromatic amines is 1. The van der Waals surface area contributed by atoms with E-state index in [9.17, 15) is 33.6 Å². The molecule has 1 aliphatic rings. The third-order valence-corrected chi connectivity index (χ3v) is 7.02. The molecule has 2 heterocycles. The van der Waals surface area contributed by atoms with Crippen molar-refractivity contribution in [3.8, 4) is 0 Å². The smallest absolute Gasteiger partial charge is 0.385 e. The Bertz CT molecular complexity index is 1140. The van der Waals surface area contributed by atoms with Gasteiger partial charge in [0, 0.05) is 6.20 Å². The summed E-state index contributed by atoms with van der Waals surface area (Å²) in [4.78, 5) is 49.4. The molecule has 2 rings (SSSR count). The molecule has 0 saturated carbocycles. The zero-order valence-electron chi connectivity index (χ0n) is 15.9. The van der Waals surface area contributed by atoms with Gasteiger partial charge in [0.15, 0.2) is 6.23 Å². The molecule has 1 saturated heterocycles. The number of H-pyrrole nitrogens is 1. The molecule has 7 N–H and O–H groups in total. The Morgan fingerprint density at radius 2 is 1.87 bits per heavy atom. The van der Waals surface area contributed by atoms with Gasteiger partial charge >= 0.3 is 29.2 Å². The average molecular weight is 520 g/mol. The summed E-state index contributed by atoms with van der Waals surface area (Å²) in [6.07, 6.45) is -6.51. The molecule has 6 atom stereocenters. The van der Waals surface area contributed by atoms with E-state index in [0.29, 0.717) is 4.57 Å². The van der Waals surface area contributed by atoms with Gasteiger partial charge < -0.3 is 34.5 Å². The van der Waals surface area contributed by atoms with Crippen molar-refractivity contribution < 1.29 is 68.5 Å². The SMILES string of the molecule is [2H]C([2H])(OP(=O)(O)OP(=O)(O)OP(=O)(O)O)[C@@]1(F)O[C@@H](n2ccc(=S)[nH]c2=O)[C@H](O)[C@@H]1O. The van der Waals surface area contributed by atoms with E-state index in [-0.39, 0.29) is 4.64 Å². The van der Waals surface area contributed by atoms with Crippen LogP contribution in [0.25, 0.3) is 0 Å². The molecule has 30 heavy (non-hydrogen) atoms. The largest absolute Gasteiger partial charge is 0.490 e. The molecule has 0 amide bonds. The minimum absolute atomic E-state index is 0.0891. The summed E-state index contributed by atoms with van der Waals surface area (Å²) in [7, 11) is -18.1. The van der Waals surface area contributed by atoms with Crippen molar-refractivity contribution >= 4 is 35.7 Å². The first-order valence-corrected chi connectivity index (χ1v) is 12.0. The quantitative estimate of drug-likeness (QED) is 0.163. The third-order valence-electron chi connectivity index (χ3n) is 3.13. The van der Waals surface area contributed by atoms with Gasteiger partial charge in [-0.05, 0) is 6.07 Å². The van der Waals surface area contributed by atoms with E-state index in [2.05, 4.69) is 35.1 Å². The van der Waals surface area contributed by atoms with Crippen LogP contribution in [-0.2, 0) is 31.6 Å². The Labute approximate surface area is 172 Å². The van der Waals surface area contributed by atoms with Crippen LogP contribution in [0.1, 0.15) is 8.97 Å². The predicted octanol–water partition coefficient (Wildman–Crippen LogP) is -0.834. The first kappa shape index (κ1) is 22.5. The van der Waals surface area contributed by atoms with E-state index in [1.165, 1.54) is 0 Å². The topological polar surface area (TPSA) is 247 Å². The van der Waals surface area contributed by atoms with Gasteiger partial charge in [-0.2, -0.15) is 8.62 Å². The summed E-state index contributed by atoms with van der Waals surface area (Å²) in [6, 6.07) is 1.08. The molecule has 0 bridgehead atoms. The Morgan fingerprint density at radius 1 is 1.27 bits per heavy atom. The van der Waals surface area contributed by atoms with Crippen molar-refractivity contribution in [3.63, 3.8) is 0 Å². The highest BCUT2D eigenvalue weighted by atomic mass is 32.1. The van der Waals surface area contributed by atoms with Gasteiger partial charge in [-0.15, -0.1) is 0 Å². The molecule has 16 nitrogen and oxygen atoms in total. The second-order valence-corrected chi connectivity index (χ2v) is 10.2. The van der Waals surface area contributed by atoms with Gasteiger partial charge in [0.25, 0.3) is 5.85 Å². The number of aromatic nitrogens is 2. The number of alkyl halides is 1. The zero-order chi connectivity index (χ0) is 24.9. The fraction of sp³-hybridized carbons (Fsp3) is 0.556. The second kappa shape index (κ2) is 8.69. The maximum absolute atomic E-state index is 15.3. The van der Waals surface area contributed by atoms with Crippen molar-refractivity contribution in [2.24, 2.45) is 0 Å². The Morgan fingerprint density at radius 3 is 2.40 bits per heavy atom. The van der Waals surface area contributed by atoms with Crippen LogP contribution in [0.2, 0.25) is 0 Å². The van der Waals surface area contributed by atoms with E-state index in [1.807, 2.05) is 0 Å². The number of phosphoric ester groups is 1. The number of nitrogens with one attached hydrogen (secondary N) is 1. The molecule has 0 aliphatic carbocycles. The normalized spacial score (nSPS) is 32.7. The lowest BCUT2D eigenvalue weighted by atomic mass is 10.1. The molecule has 1 aromatic rings. The monoisotopic (exact) mass is 520 g/mol. The number of hydrogen-bond donors (Lipinski definition) is 7. The molecule has 2 unspecified atom stereocenters. The Hall–Kier alpha value is -0.680. The van der Waals surface area contributed by atoms with Crippen LogP contribution in [0.5, 0.6) is 0 Å². The van der Waals surface area contributed by atoms with E-state index < -0.39 is 60.0 Å². The Kier molecular flexibility index (Phi) is 6.52. The van der Waals surface area contributed by atoms with Crippen LogP contribution in [-0.4, -0.2) is 64.0 Å². The zero-order valence-corrected chi connectivity index (χ0v) is 17.4. The number of halogens is 1. The van der Waals surface area contributed by atoms with Gasteiger partial charge in [-0.25, -0.2) is 22.9 Å². The molecule has 21 heteroatoms. The highest BCUT2D eigenvalue weighted by molar-refractivity contribution is 7.71. The van der Waals surface area contributed by atoms with E-state index in [4.69, 9.17) is 17.4 Å². The first-order valence-electron chi connectivity index (χ1n) is 8.09. The molecule has 1 fully saturated rings. The highest BCUT2D eigenvalue weighted by Gasteiger charge is 2.57. The number of nitrogens with zero attached hydrogens (tertiary/aromatic N) is 1. The minimum Gasteiger partial charge on any atom is -0.385 e. The number of ether oxygens (including phenoxy) is 1. The average Bonchev–Trinajstić information content (AvgIpc) is 2.76. The van der Waals surface area contributed by atoms with Crippen LogP contribution >= 0.6 is 35.7 Å². The lowest BCUT2D eigenvalue weighted by Gasteiger charge is -2.24. The summed E-state index contributed by atoms with van der Waals surface area (Å²) in [6.45, 7) is -4.26. The van der Waals surface area contributed by atoms with Crippen LogP contribution in [0.15, 0.2) is 17.1 Å². The lowest BCUT2D eigenvalue weighted by molar-refractivity contribution is -0.204. The molecular weight excluding hydrogens is 504 g/mol.